The van der Waals surface area contributed by atoms with Crippen LogP contribution >= 0.6 is 0 Å². The molecule has 0 amide bonds. The highest BCUT2D eigenvalue weighted by atomic mass is 16.5. The molecule has 0 bridgehead atoms. The van der Waals surface area contributed by atoms with Crippen LogP contribution in [0.25, 0.3) is 0 Å². The zero-order valence-electron chi connectivity index (χ0n) is 13.0. The van der Waals surface area contributed by atoms with E-state index in [1.165, 1.54) is 5.56 Å². The molecule has 2 aromatic carbocycles. The number of rotatable bonds is 8. The Morgan fingerprint density at radius 3 is 2.38 bits per heavy atom. The molecule has 2 heteroatoms. The number of ether oxygens (including phenoxy) is 1. The molecule has 21 heavy (non-hydrogen) atoms. The average Bonchev–Trinajstić information content (AvgIpc) is 2.54. The molecule has 112 valence electrons. The summed E-state index contributed by atoms with van der Waals surface area (Å²) in [5, 5.41) is 3.45. The fraction of sp³-hybridized carbons (Fsp3) is 0.368. The minimum atomic E-state index is 0.273. The van der Waals surface area contributed by atoms with Crippen LogP contribution < -0.4 is 10.1 Å². The first kappa shape index (κ1) is 15.4. The number of benzene rings is 2. The summed E-state index contributed by atoms with van der Waals surface area (Å²) in [7, 11) is 0. The van der Waals surface area contributed by atoms with Crippen molar-refractivity contribution < 1.29 is 4.74 Å². The van der Waals surface area contributed by atoms with Crippen molar-refractivity contribution in [1.82, 2.24) is 0 Å². The lowest BCUT2D eigenvalue weighted by atomic mass is 10.1. The summed E-state index contributed by atoms with van der Waals surface area (Å²) in [6, 6.07) is 18.8. The molecule has 0 heterocycles. The quantitative estimate of drug-likeness (QED) is 0.695. The SMILES string of the molecule is CCC(C)Oc1ccc(NCCCc2ccccc2)cc1. The minimum Gasteiger partial charge on any atom is -0.491 e. The number of anilines is 1. The molecule has 2 rings (SSSR count). The average molecular weight is 283 g/mol. The second-order valence-electron chi connectivity index (χ2n) is 5.38. The van der Waals surface area contributed by atoms with E-state index in [-0.39, 0.29) is 6.10 Å². The zero-order valence-corrected chi connectivity index (χ0v) is 13.0. The third-order valence-electron chi connectivity index (χ3n) is 3.58. The Labute approximate surface area is 128 Å². The highest BCUT2D eigenvalue weighted by molar-refractivity contribution is 5.46. The van der Waals surface area contributed by atoms with E-state index in [4.69, 9.17) is 4.74 Å². The van der Waals surface area contributed by atoms with Crippen LogP contribution in [0.3, 0.4) is 0 Å². The van der Waals surface area contributed by atoms with Gasteiger partial charge >= 0.3 is 0 Å². The van der Waals surface area contributed by atoms with Crippen LogP contribution in [0.5, 0.6) is 5.75 Å². The predicted octanol–water partition coefficient (Wildman–Crippen LogP) is 4.91. The largest absolute Gasteiger partial charge is 0.491 e. The topological polar surface area (TPSA) is 21.3 Å². The van der Waals surface area contributed by atoms with E-state index in [1.54, 1.807) is 0 Å². The first-order chi connectivity index (χ1) is 10.3. The maximum absolute atomic E-state index is 5.77. The normalized spacial score (nSPS) is 11.9. The van der Waals surface area contributed by atoms with E-state index in [1.807, 2.05) is 12.1 Å². The van der Waals surface area contributed by atoms with Crippen molar-refractivity contribution >= 4 is 5.69 Å². The molecule has 2 nitrogen and oxygen atoms in total. The van der Waals surface area contributed by atoms with E-state index < -0.39 is 0 Å². The van der Waals surface area contributed by atoms with Crippen molar-refractivity contribution in [3.05, 3.63) is 60.2 Å². The van der Waals surface area contributed by atoms with Gasteiger partial charge in [-0.1, -0.05) is 37.3 Å². The van der Waals surface area contributed by atoms with Gasteiger partial charge in [0.2, 0.25) is 0 Å². The zero-order chi connectivity index (χ0) is 14.9. The molecule has 0 aliphatic rings. The maximum atomic E-state index is 5.77. The number of aryl methyl sites for hydroxylation is 1. The Bertz CT molecular complexity index is 507. The number of nitrogens with one attached hydrogen (secondary N) is 1. The first-order valence-electron chi connectivity index (χ1n) is 7.82. The van der Waals surface area contributed by atoms with Gasteiger partial charge in [0.1, 0.15) is 5.75 Å². The van der Waals surface area contributed by atoms with Crippen LogP contribution in [0.2, 0.25) is 0 Å². The summed E-state index contributed by atoms with van der Waals surface area (Å²) in [6.45, 7) is 5.21. The lowest BCUT2D eigenvalue weighted by Crippen LogP contribution is -2.09. The third kappa shape index (κ3) is 5.50. The van der Waals surface area contributed by atoms with E-state index >= 15 is 0 Å². The Kier molecular flexibility index (Phi) is 6.14. The number of hydrogen-bond acceptors (Lipinski definition) is 2. The van der Waals surface area contributed by atoms with Crippen LogP contribution in [-0.4, -0.2) is 12.6 Å². The summed E-state index contributed by atoms with van der Waals surface area (Å²) in [5.41, 5.74) is 2.55. The maximum Gasteiger partial charge on any atom is 0.119 e. The van der Waals surface area contributed by atoms with Gasteiger partial charge in [0.25, 0.3) is 0 Å². The van der Waals surface area contributed by atoms with Gasteiger partial charge in [0.15, 0.2) is 0 Å². The Hall–Kier alpha value is -1.96. The fourth-order valence-corrected chi connectivity index (χ4v) is 2.14. The van der Waals surface area contributed by atoms with Crippen molar-refractivity contribution in [3.63, 3.8) is 0 Å². The Morgan fingerprint density at radius 2 is 1.71 bits per heavy atom. The molecule has 1 unspecified atom stereocenters. The van der Waals surface area contributed by atoms with Gasteiger partial charge in [-0.25, -0.2) is 0 Å². The lowest BCUT2D eigenvalue weighted by Gasteiger charge is -2.13. The van der Waals surface area contributed by atoms with Crippen molar-refractivity contribution in [2.75, 3.05) is 11.9 Å². The standard InChI is InChI=1S/C19H25NO/c1-3-16(2)21-19-13-11-18(12-14-19)20-15-7-10-17-8-5-4-6-9-17/h4-6,8-9,11-14,16,20H,3,7,10,15H2,1-2H3. The molecule has 1 N–H and O–H groups in total. The Morgan fingerprint density at radius 1 is 1.00 bits per heavy atom. The fourth-order valence-electron chi connectivity index (χ4n) is 2.14. The lowest BCUT2D eigenvalue weighted by molar-refractivity contribution is 0.217. The summed E-state index contributed by atoms with van der Waals surface area (Å²) < 4.78 is 5.77. The van der Waals surface area contributed by atoms with Crippen LogP contribution in [0.4, 0.5) is 5.69 Å². The van der Waals surface area contributed by atoms with Crippen LogP contribution in [-0.2, 0) is 6.42 Å². The van der Waals surface area contributed by atoms with Crippen molar-refractivity contribution in [2.24, 2.45) is 0 Å². The molecule has 0 fully saturated rings. The first-order valence-corrected chi connectivity index (χ1v) is 7.82. The molecule has 2 aromatic rings. The highest BCUT2D eigenvalue weighted by Crippen LogP contribution is 2.17. The second-order valence-corrected chi connectivity index (χ2v) is 5.38. The molecule has 1 atom stereocenters. The van der Waals surface area contributed by atoms with Gasteiger partial charge in [0, 0.05) is 12.2 Å². The molecular weight excluding hydrogens is 258 g/mol. The second kappa shape index (κ2) is 8.35. The molecule has 0 aliphatic heterocycles. The summed E-state index contributed by atoms with van der Waals surface area (Å²) in [4.78, 5) is 0. The van der Waals surface area contributed by atoms with Gasteiger partial charge in [0.05, 0.1) is 6.10 Å². The third-order valence-corrected chi connectivity index (χ3v) is 3.58. The van der Waals surface area contributed by atoms with Gasteiger partial charge in [-0.05, 0) is 56.0 Å². The van der Waals surface area contributed by atoms with Crippen molar-refractivity contribution in [2.45, 2.75) is 39.2 Å². The van der Waals surface area contributed by atoms with E-state index in [9.17, 15) is 0 Å². The van der Waals surface area contributed by atoms with Crippen LogP contribution in [0, 0.1) is 0 Å². The molecule has 0 saturated carbocycles. The summed E-state index contributed by atoms with van der Waals surface area (Å²) in [6.07, 6.45) is 3.55. The smallest absolute Gasteiger partial charge is 0.119 e. The van der Waals surface area contributed by atoms with Gasteiger partial charge in [-0.3, -0.25) is 0 Å². The van der Waals surface area contributed by atoms with Crippen molar-refractivity contribution in [3.8, 4) is 5.75 Å². The number of hydrogen-bond donors (Lipinski definition) is 1. The predicted molar refractivity (Wildman–Crippen MR) is 90.1 cm³/mol. The van der Waals surface area contributed by atoms with Gasteiger partial charge in [-0.15, -0.1) is 0 Å². The van der Waals surface area contributed by atoms with Crippen LogP contribution in [0.1, 0.15) is 32.3 Å². The molecule has 0 aliphatic carbocycles. The van der Waals surface area contributed by atoms with Gasteiger partial charge < -0.3 is 10.1 Å². The minimum absolute atomic E-state index is 0.273. The van der Waals surface area contributed by atoms with Crippen LogP contribution in [0.15, 0.2) is 54.6 Å². The summed E-state index contributed by atoms with van der Waals surface area (Å²) >= 11 is 0. The highest BCUT2D eigenvalue weighted by Gasteiger charge is 2.00. The molecule has 0 aromatic heterocycles. The Balaban J connectivity index is 1.71. The van der Waals surface area contributed by atoms with E-state index in [0.717, 1.165) is 37.2 Å². The summed E-state index contributed by atoms with van der Waals surface area (Å²) in [5.74, 6) is 0.944. The van der Waals surface area contributed by atoms with E-state index in [2.05, 4.69) is 61.6 Å². The molecule has 0 saturated heterocycles. The molecule has 0 radical (unpaired) electrons. The van der Waals surface area contributed by atoms with Crippen molar-refractivity contribution in [1.29, 1.82) is 0 Å². The monoisotopic (exact) mass is 283 g/mol. The van der Waals surface area contributed by atoms with E-state index in [0.29, 0.717) is 0 Å². The molecule has 0 spiro atoms. The molecular formula is C19H25NO. The van der Waals surface area contributed by atoms with Gasteiger partial charge in [-0.2, -0.15) is 0 Å².